The van der Waals surface area contributed by atoms with Crippen molar-refractivity contribution in [3.8, 4) is 5.69 Å². The van der Waals surface area contributed by atoms with Crippen LogP contribution < -0.4 is 0 Å². The normalized spacial score (nSPS) is 11.2. The van der Waals surface area contributed by atoms with Crippen LogP contribution in [0.25, 0.3) is 15.9 Å². The molecule has 3 rings (SSSR count). The average Bonchev–Trinajstić information content (AvgIpc) is 2.91. The van der Waals surface area contributed by atoms with E-state index in [4.69, 9.17) is 5.11 Å². The maximum atomic E-state index is 11.1. The number of aryl methyl sites for hydroxylation is 2. The lowest BCUT2D eigenvalue weighted by molar-refractivity contribution is 0.0702. The molecule has 0 fully saturated rings. The average molecular weight is 351 g/mol. The van der Waals surface area contributed by atoms with Crippen molar-refractivity contribution in [2.75, 3.05) is 0 Å². The number of hydrogen-bond acceptors (Lipinski definition) is 3. The number of nitrogens with zero attached hydrogens (tertiary/aromatic N) is 2. The molecule has 0 saturated carbocycles. The number of benzene rings is 1. The molecule has 0 aliphatic heterocycles. The topological polar surface area (TPSA) is 55.1 Å². The molecule has 1 N–H and O–H groups in total. The molecule has 20 heavy (non-hydrogen) atoms. The minimum Gasteiger partial charge on any atom is -0.477 e. The third-order valence-corrected chi connectivity index (χ3v) is 4.73. The van der Waals surface area contributed by atoms with Gasteiger partial charge in [-0.3, -0.25) is 0 Å². The predicted molar refractivity (Wildman–Crippen MR) is 83.1 cm³/mol. The second kappa shape index (κ2) is 4.71. The van der Waals surface area contributed by atoms with Crippen molar-refractivity contribution in [2.45, 2.75) is 13.8 Å². The molecule has 0 aliphatic carbocycles. The Labute approximate surface area is 127 Å². The number of aromatic nitrogens is 2. The van der Waals surface area contributed by atoms with Gasteiger partial charge in [-0.15, -0.1) is 11.3 Å². The lowest BCUT2D eigenvalue weighted by Crippen LogP contribution is -1.98. The van der Waals surface area contributed by atoms with E-state index in [1.165, 1.54) is 11.3 Å². The van der Waals surface area contributed by atoms with E-state index in [1.54, 1.807) is 6.07 Å². The van der Waals surface area contributed by atoms with E-state index in [9.17, 15) is 4.79 Å². The summed E-state index contributed by atoms with van der Waals surface area (Å²) in [6.07, 6.45) is 0. The highest BCUT2D eigenvalue weighted by Crippen LogP contribution is 2.31. The van der Waals surface area contributed by atoms with Crippen LogP contribution in [0.3, 0.4) is 0 Å². The highest BCUT2D eigenvalue weighted by atomic mass is 79.9. The van der Waals surface area contributed by atoms with E-state index in [0.717, 1.165) is 31.6 Å². The first kappa shape index (κ1) is 13.3. The predicted octanol–water partition coefficient (Wildman–Crippen LogP) is 4.16. The van der Waals surface area contributed by atoms with Crippen LogP contribution in [0.2, 0.25) is 0 Å². The van der Waals surface area contributed by atoms with Crippen molar-refractivity contribution < 1.29 is 9.90 Å². The van der Waals surface area contributed by atoms with Crippen molar-refractivity contribution in [1.82, 2.24) is 9.78 Å². The molecule has 4 nitrogen and oxygen atoms in total. The molecule has 0 amide bonds. The molecular weight excluding hydrogens is 340 g/mol. The van der Waals surface area contributed by atoms with Crippen molar-refractivity contribution >= 4 is 43.5 Å². The Bertz CT molecular complexity index is 835. The fraction of sp³-hybridized carbons (Fsp3) is 0.143. The van der Waals surface area contributed by atoms with Gasteiger partial charge in [-0.25, -0.2) is 9.48 Å². The quantitative estimate of drug-likeness (QED) is 0.754. The molecule has 2 heterocycles. The van der Waals surface area contributed by atoms with Crippen molar-refractivity contribution in [2.24, 2.45) is 0 Å². The maximum Gasteiger partial charge on any atom is 0.345 e. The van der Waals surface area contributed by atoms with Gasteiger partial charge >= 0.3 is 5.97 Å². The molecule has 0 radical (unpaired) electrons. The molecule has 6 heteroatoms. The largest absolute Gasteiger partial charge is 0.477 e. The summed E-state index contributed by atoms with van der Waals surface area (Å²) in [6.45, 7) is 3.90. The molecule has 1 aromatic carbocycles. The Kier molecular flexibility index (Phi) is 3.14. The van der Waals surface area contributed by atoms with Gasteiger partial charge in [-0.2, -0.15) is 5.10 Å². The summed E-state index contributed by atoms with van der Waals surface area (Å²) in [6, 6.07) is 7.64. The van der Waals surface area contributed by atoms with Gasteiger partial charge in [0, 0.05) is 9.86 Å². The van der Waals surface area contributed by atoms with E-state index in [-0.39, 0.29) is 0 Å². The number of carbonyl (C=O) groups is 1. The highest BCUT2D eigenvalue weighted by molar-refractivity contribution is 9.10. The van der Waals surface area contributed by atoms with E-state index in [1.807, 2.05) is 36.7 Å². The van der Waals surface area contributed by atoms with Gasteiger partial charge in [0.1, 0.15) is 9.71 Å². The van der Waals surface area contributed by atoms with Crippen LogP contribution in [0.5, 0.6) is 0 Å². The Hall–Kier alpha value is -1.66. The fourth-order valence-electron chi connectivity index (χ4n) is 2.17. The van der Waals surface area contributed by atoms with Gasteiger partial charge in [-0.1, -0.05) is 15.9 Å². The number of carboxylic acids is 1. The van der Waals surface area contributed by atoms with Crippen LogP contribution in [-0.2, 0) is 0 Å². The third-order valence-electron chi connectivity index (χ3n) is 3.14. The second-order valence-corrected chi connectivity index (χ2v) is 6.51. The molecule has 2 aromatic heterocycles. The first-order valence-corrected chi connectivity index (χ1v) is 7.57. The maximum absolute atomic E-state index is 11.1. The number of hydrogen-bond donors (Lipinski definition) is 1. The summed E-state index contributed by atoms with van der Waals surface area (Å²) in [4.78, 5) is 12.3. The number of aromatic carboxylic acids is 1. The molecule has 0 bridgehead atoms. The van der Waals surface area contributed by atoms with Gasteiger partial charge < -0.3 is 5.11 Å². The number of halogens is 1. The van der Waals surface area contributed by atoms with E-state index < -0.39 is 5.97 Å². The summed E-state index contributed by atoms with van der Waals surface area (Å²) in [5.41, 5.74) is 2.88. The summed E-state index contributed by atoms with van der Waals surface area (Å²) < 4.78 is 2.83. The first-order valence-electron chi connectivity index (χ1n) is 5.96. The molecule has 3 aromatic rings. The third kappa shape index (κ3) is 2.05. The summed E-state index contributed by atoms with van der Waals surface area (Å²) in [7, 11) is 0. The number of fused-ring (bicyclic) bond motifs is 1. The number of carboxylic acid groups (broad SMARTS) is 1. The van der Waals surface area contributed by atoms with Crippen LogP contribution in [0.1, 0.15) is 20.9 Å². The van der Waals surface area contributed by atoms with Gasteiger partial charge in [0.25, 0.3) is 0 Å². The zero-order chi connectivity index (χ0) is 14.4. The van der Waals surface area contributed by atoms with Crippen LogP contribution in [0, 0.1) is 13.8 Å². The SMILES string of the molecule is Cc1cc(Br)ccc1-n1nc(C)c2cc(C(=O)O)sc21. The molecule has 102 valence electrons. The molecule has 0 aliphatic rings. The summed E-state index contributed by atoms with van der Waals surface area (Å²) in [5.74, 6) is -0.898. The number of rotatable bonds is 2. The fourth-order valence-corrected chi connectivity index (χ4v) is 3.66. The smallest absolute Gasteiger partial charge is 0.345 e. The van der Waals surface area contributed by atoms with E-state index in [0.29, 0.717) is 4.88 Å². The molecule has 0 unspecified atom stereocenters. The Morgan fingerprint density at radius 2 is 2.10 bits per heavy atom. The van der Waals surface area contributed by atoms with E-state index >= 15 is 0 Å². The Morgan fingerprint density at radius 1 is 1.35 bits per heavy atom. The summed E-state index contributed by atoms with van der Waals surface area (Å²) in [5, 5.41) is 14.5. The Morgan fingerprint density at radius 3 is 2.75 bits per heavy atom. The second-order valence-electron chi connectivity index (χ2n) is 4.56. The van der Waals surface area contributed by atoms with Crippen LogP contribution in [0.4, 0.5) is 0 Å². The van der Waals surface area contributed by atoms with E-state index in [2.05, 4.69) is 21.0 Å². The lowest BCUT2D eigenvalue weighted by atomic mass is 10.2. The van der Waals surface area contributed by atoms with Gasteiger partial charge in [0.2, 0.25) is 0 Å². The minimum atomic E-state index is -0.898. The summed E-state index contributed by atoms with van der Waals surface area (Å²) >= 11 is 4.69. The van der Waals surface area contributed by atoms with Gasteiger partial charge in [-0.05, 0) is 43.7 Å². The molecule has 0 saturated heterocycles. The van der Waals surface area contributed by atoms with Crippen LogP contribution in [0.15, 0.2) is 28.7 Å². The first-order chi connectivity index (χ1) is 9.47. The number of thiophene rings is 1. The van der Waals surface area contributed by atoms with Crippen LogP contribution in [-0.4, -0.2) is 20.9 Å². The van der Waals surface area contributed by atoms with Crippen molar-refractivity contribution in [1.29, 1.82) is 0 Å². The molecule has 0 atom stereocenters. The lowest BCUT2D eigenvalue weighted by Gasteiger charge is -2.06. The van der Waals surface area contributed by atoms with Crippen molar-refractivity contribution in [3.05, 3.63) is 44.9 Å². The van der Waals surface area contributed by atoms with Crippen LogP contribution >= 0.6 is 27.3 Å². The van der Waals surface area contributed by atoms with Gasteiger partial charge in [0.05, 0.1) is 11.4 Å². The Balaban J connectivity index is 2.28. The highest BCUT2D eigenvalue weighted by Gasteiger charge is 2.17. The molecule has 0 spiro atoms. The van der Waals surface area contributed by atoms with Crippen molar-refractivity contribution in [3.63, 3.8) is 0 Å². The molecular formula is C14H11BrN2O2S. The minimum absolute atomic E-state index is 0.337. The monoisotopic (exact) mass is 350 g/mol. The van der Waals surface area contributed by atoms with Gasteiger partial charge in [0.15, 0.2) is 0 Å². The zero-order valence-electron chi connectivity index (χ0n) is 10.8. The standard InChI is InChI=1S/C14H11BrN2O2S/c1-7-5-9(15)3-4-11(7)17-13-10(8(2)16-17)6-12(20-13)14(18)19/h3-6H,1-2H3,(H,18,19). The zero-order valence-corrected chi connectivity index (χ0v) is 13.2.